The molecule has 0 spiro atoms. The van der Waals surface area contributed by atoms with Crippen molar-refractivity contribution < 1.29 is 4.42 Å². The predicted molar refractivity (Wildman–Crippen MR) is 86.1 cm³/mol. The number of thiophene rings is 1. The maximum atomic E-state index is 11.8. The van der Waals surface area contributed by atoms with Gasteiger partial charge in [0.25, 0.3) is 0 Å². The highest BCUT2D eigenvalue weighted by Gasteiger charge is 2.16. The highest BCUT2D eigenvalue weighted by molar-refractivity contribution is 7.12. The average molecular weight is 302 g/mol. The van der Waals surface area contributed by atoms with Crippen LogP contribution >= 0.6 is 11.3 Å². The van der Waals surface area contributed by atoms with Crippen LogP contribution in [0.4, 0.5) is 0 Å². The minimum absolute atomic E-state index is 0.114. The SMILES string of the molecule is CCn1c(=O)oc2cc(C(NC)c3ccc(C)s3)ccc21. The molecule has 110 valence electrons. The van der Waals surface area contributed by atoms with E-state index in [2.05, 4.69) is 30.4 Å². The third kappa shape index (κ3) is 2.43. The van der Waals surface area contributed by atoms with Crippen LogP contribution in [0.3, 0.4) is 0 Å². The summed E-state index contributed by atoms with van der Waals surface area (Å²) in [5.41, 5.74) is 2.60. The fraction of sp³-hybridized carbons (Fsp3) is 0.312. The molecule has 3 rings (SSSR count). The van der Waals surface area contributed by atoms with E-state index in [1.807, 2.05) is 26.1 Å². The topological polar surface area (TPSA) is 47.2 Å². The molecule has 21 heavy (non-hydrogen) atoms. The summed E-state index contributed by atoms with van der Waals surface area (Å²) in [6.07, 6.45) is 0. The fourth-order valence-corrected chi connectivity index (χ4v) is 3.66. The van der Waals surface area contributed by atoms with E-state index >= 15 is 0 Å². The Morgan fingerprint density at radius 3 is 2.76 bits per heavy atom. The highest BCUT2D eigenvalue weighted by Crippen LogP contribution is 2.29. The molecule has 1 N–H and O–H groups in total. The highest BCUT2D eigenvalue weighted by atomic mass is 32.1. The Morgan fingerprint density at radius 2 is 2.14 bits per heavy atom. The number of aryl methyl sites for hydroxylation is 2. The molecule has 1 unspecified atom stereocenters. The number of benzene rings is 1. The number of fused-ring (bicyclic) bond motifs is 1. The molecule has 0 bridgehead atoms. The van der Waals surface area contributed by atoms with Gasteiger partial charge in [-0.15, -0.1) is 11.3 Å². The van der Waals surface area contributed by atoms with Crippen molar-refractivity contribution in [2.75, 3.05) is 7.05 Å². The van der Waals surface area contributed by atoms with Crippen molar-refractivity contribution >= 4 is 22.4 Å². The zero-order valence-electron chi connectivity index (χ0n) is 12.3. The summed E-state index contributed by atoms with van der Waals surface area (Å²) in [7, 11) is 1.94. The number of nitrogens with one attached hydrogen (secondary N) is 1. The lowest BCUT2D eigenvalue weighted by Gasteiger charge is -2.15. The van der Waals surface area contributed by atoms with E-state index in [9.17, 15) is 4.79 Å². The van der Waals surface area contributed by atoms with Gasteiger partial charge >= 0.3 is 5.76 Å². The number of aromatic nitrogens is 1. The van der Waals surface area contributed by atoms with E-state index in [4.69, 9.17) is 4.42 Å². The molecule has 1 atom stereocenters. The first-order chi connectivity index (χ1) is 10.1. The van der Waals surface area contributed by atoms with Crippen LogP contribution in [0.2, 0.25) is 0 Å². The van der Waals surface area contributed by atoms with Crippen LogP contribution in [0.1, 0.15) is 28.3 Å². The first-order valence-corrected chi connectivity index (χ1v) is 7.82. The molecule has 0 aliphatic heterocycles. The summed E-state index contributed by atoms with van der Waals surface area (Å²) in [4.78, 5) is 14.3. The number of nitrogens with zero attached hydrogens (tertiary/aromatic N) is 1. The first kappa shape index (κ1) is 14.1. The molecule has 4 nitrogen and oxygen atoms in total. The van der Waals surface area contributed by atoms with E-state index < -0.39 is 0 Å². The monoisotopic (exact) mass is 302 g/mol. The van der Waals surface area contributed by atoms with Crippen molar-refractivity contribution in [2.24, 2.45) is 0 Å². The van der Waals surface area contributed by atoms with E-state index in [0.717, 1.165) is 11.1 Å². The van der Waals surface area contributed by atoms with Gasteiger partial charge in [0.1, 0.15) is 0 Å². The number of oxazole rings is 1. The van der Waals surface area contributed by atoms with Crippen molar-refractivity contribution in [1.29, 1.82) is 0 Å². The summed E-state index contributed by atoms with van der Waals surface area (Å²) in [5.74, 6) is -0.294. The molecule has 0 aliphatic rings. The second-order valence-electron chi connectivity index (χ2n) is 5.01. The van der Waals surface area contributed by atoms with Crippen molar-refractivity contribution in [3.05, 3.63) is 56.2 Å². The number of rotatable bonds is 4. The van der Waals surface area contributed by atoms with Crippen LogP contribution in [0, 0.1) is 6.92 Å². The van der Waals surface area contributed by atoms with Gasteiger partial charge in [-0.3, -0.25) is 4.57 Å². The fourth-order valence-electron chi connectivity index (χ4n) is 2.64. The largest absolute Gasteiger partial charge is 0.419 e. The maximum Gasteiger partial charge on any atom is 0.419 e. The minimum Gasteiger partial charge on any atom is -0.408 e. The lowest BCUT2D eigenvalue weighted by atomic mass is 10.1. The molecule has 3 aromatic rings. The van der Waals surface area contributed by atoms with E-state index in [1.165, 1.54) is 9.75 Å². The van der Waals surface area contributed by atoms with Gasteiger partial charge in [-0.25, -0.2) is 4.79 Å². The third-order valence-electron chi connectivity index (χ3n) is 3.68. The first-order valence-electron chi connectivity index (χ1n) is 7.01. The van der Waals surface area contributed by atoms with Gasteiger partial charge in [0.2, 0.25) is 0 Å². The molecule has 0 saturated heterocycles. The molecule has 2 aromatic heterocycles. The molecular formula is C16H18N2O2S. The molecule has 0 fully saturated rings. The minimum atomic E-state index is -0.294. The third-order valence-corrected chi connectivity index (χ3v) is 4.74. The lowest BCUT2D eigenvalue weighted by Crippen LogP contribution is -2.16. The van der Waals surface area contributed by atoms with Crippen LogP contribution < -0.4 is 11.1 Å². The van der Waals surface area contributed by atoms with Gasteiger partial charge < -0.3 is 9.73 Å². The van der Waals surface area contributed by atoms with Crippen LogP contribution in [0.15, 0.2) is 39.5 Å². The van der Waals surface area contributed by atoms with Crippen molar-refractivity contribution in [3.63, 3.8) is 0 Å². The molecule has 0 saturated carbocycles. The van der Waals surface area contributed by atoms with Crippen molar-refractivity contribution in [3.8, 4) is 0 Å². The standard InChI is InChI=1S/C16H18N2O2S/c1-4-18-12-7-6-11(9-13(12)20-16(18)19)15(17-3)14-8-5-10(2)21-14/h5-9,15,17H,4H2,1-3H3. The smallest absolute Gasteiger partial charge is 0.408 e. The number of hydrogen-bond acceptors (Lipinski definition) is 4. The normalized spacial score (nSPS) is 12.9. The van der Waals surface area contributed by atoms with Crippen molar-refractivity contribution in [1.82, 2.24) is 9.88 Å². The van der Waals surface area contributed by atoms with Crippen molar-refractivity contribution in [2.45, 2.75) is 26.4 Å². The Kier molecular flexibility index (Phi) is 3.69. The second kappa shape index (κ2) is 5.50. The van der Waals surface area contributed by atoms with Gasteiger partial charge in [0.15, 0.2) is 5.58 Å². The predicted octanol–water partition coefficient (Wildman–Crippen LogP) is 3.29. The Labute approximate surface area is 127 Å². The Bertz CT molecular complexity index is 828. The summed E-state index contributed by atoms with van der Waals surface area (Å²) in [6.45, 7) is 4.66. The molecule has 2 heterocycles. The molecular weight excluding hydrogens is 284 g/mol. The van der Waals surface area contributed by atoms with E-state index in [0.29, 0.717) is 12.1 Å². The van der Waals surface area contributed by atoms with Gasteiger partial charge in [0, 0.05) is 16.3 Å². The summed E-state index contributed by atoms with van der Waals surface area (Å²) < 4.78 is 6.99. The summed E-state index contributed by atoms with van der Waals surface area (Å²) in [6, 6.07) is 10.3. The Hall–Kier alpha value is -1.85. The van der Waals surface area contributed by atoms with Gasteiger partial charge in [-0.1, -0.05) is 6.07 Å². The molecule has 0 aliphatic carbocycles. The zero-order valence-corrected chi connectivity index (χ0v) is 13.2. The quantitative estimate of drug-likeness (QED) is 0.804. The summed E-state index contributed by atoms with van der Waals surface area (Å²) in [5, 5.41) is 3.33. The maximum absolute atomic E-state index is 11.8. The molecule has 1 aromatic carbocycles. The molecule has 0 amide bonds. The molecule has 5 heteroatoms. The van der Waals surface area contributed by atoms with Crippen LogP contribution in [0.25, 0.3) is 11.1 Å². The van der Waals surface area contributed by atoms with Gasteiger partial charge in [-0.05, 0) is 50.7 Å². The molecule has 0 radical (unpaired) electrons. The average Bonchev–Trinajstić information content (AvgIpc) is 3.02. The second-order valence-corrected chi connectivity index (χ2v) is 6.33. The van der Waals surface area contributed by atoms with E-state index in [-0.39, 0.29) is 11.8 Å². The number of hydrogen-bond donors (Lipinski definition) is 1. The van der Waals surface area contributed by atoms with Gasteiger partial charge in [0.05, 0.1) is 11.6 Å². The Balaban J connectivity index is 2.09. The van der Waals surface area contributed by atoms with Crippen LogP contribution in [0.5, 0.6) is 0 Å². The van der Waals surface area contributed by atoms with Gasteiger partial charge in [-0.2, -0.15) is 0 Å². The summed E-state index contributed by atoms with van der Waals surface area (Å²) >= 11 is 1.77. The lowest BCUT2D eigenvalue weighted by molar-refractivity contribution is 0.512. The van der Waals surface area contributed by atoms with Crippen LogP contribution in [-0.4, -0.2) is 11.6 Å². The van der Waals surface area contributed by atoms with E-state index in [1.54, 1.807) is 15.9 Å². The van der Waals surface area contributed by atoms with Crippen LogP contribution in [-0.2, 0) is 6.54 Å². The Morgan fingerprint density at radius 1 is 1.33 bits per heavy atom. The zero-order chi connectivity index (χ0) is 15.0.